The molecular weight excluding hydrogens is 368 g/mol. The summed E-state index contributed by atoms with van der Waals surface area (Å²) in [5.74, 6) is 0.516. The molecule has 0 aliphatic carbocycles. The maximum absolute atomic E-state index is 12.1. The summed E-state index contributed by atoms with van der Waals surface area (Å²) in [6.07, 6.45) is 3.94. The van der Waals surface area contributed by atoms with Gasteiger partial charge in [0, 0.05) is 23.7 Å². The third kappa shape index (κ3) is 3.85. The van der Waals surface area contributed by atoms with Crippen molar-refractivity contribution < 1.29 is 14.3 Å². The normalized spacial score (nSPS) is 17.4. The number of rotatable bonds is 5. The fourth-order valence-electron chi connectivity index (χ4n) is 2.17. The Balaban J connectivity index is 1.62. The van der Waals surface area contributed by atoms with Gasteiger partial charge in [0.1, 0.15) is 12.4 Å². The minimum Gasteiger partial charge on any atom is -0.490 e. The van der Waals surface area contributed by atoms with E-state index in [-0.39, 0.29) is 12.0 Å². The molecule has 1 N–H and O–H groups in total. The fourth-order valence-corrected chi connectivity index (χ4v) is 3.19. The molecule has 1 unspecified atom stereocenters. The molecule has 2 aromatic rings. The number of carbonyl (C=O) groups excluding carboxylic acids is 1. The molecule has 0 saturated carbocycles. The highest BCUT2D eigenvalue weighted by Gasteiger charge is 2.17. The fraction of sp³-hybridized carbons (Fsp3) is 0.333. The van der Waals surface area contributed by atoms with E-state index in [9.17, 15) is 4.79 Å². The van der Waals surface area contributed by atoms with E-state index in [2.05, 4.69) is 26.2 Å². The molecule has 1 aliphatic heterocycles. The van der Waals surface area contributed by atoms with Gasteiger partial charge >= 0.3 is 0 Å². The van der Waals surface area contributed by atoms with Gasteiger partial charge in [-0.2, -0.15) is 0 Å². The van der Waals surface area contributed by atoms with Crippen LogP contribution in [0.5, 0.6) is 5.75 Å². The number of anilines is 1. The number of benzene rings is 1. The minimum absolute atomic E-state index is 0.166. The van der Waals surface area contributed by atoms with Crippen molar-refractivity contribution in [2.45, 2.75) is 18.9 Å². The van der Waals surface area contributed by atoms with Crippen LogP contribution in [0.4, 0.5) is 5.13 Å². The predicted molar refractivity (Wildman–Crippen MR) is 88.7 cm³/mol. The number of aromatic nitrogens is 1. The first kappa shape index (κ1) is 15.5. The maximum Gasteiger partial charge on any atom is 0.257 e. The highest BCUT2D eigenvalue weighted by molar-refractivity contribution is 9.10. The second-order valence-electron chi connectivity index (χ2n) is 4.88. The molecule has 1 fully saturated rings. The van der Waals surface area contributed by atoms with Crippen molar-refractivity contribution in [3.05, 3.63) is 39.8 Å². The molecule has 1 saturated heterocycles. The van der Waals surface area contributed by atoms with E-state index in [4.69, 9.17) is 9.47 Å². The Bertz CT molecular complexity index is 642. The summed E-state index contributed by atoms with van der Waals surface area (Å²) < 4.78 is 12.0. The quantitative estimate of drug-likeness (QED) is 0.855. The molecule has 1 atom stereocenters. The van der Waals surface area contributed by atoms with Gasteiger partial charge in [-0.1, -0.05) is 0 Å². The van der Waals surface area contributed by atoms with Crippen molar-refractivity contribution in [1.82, 2.24) is 4.98 Å². The van der Waals surface area contributed by atoms with E-state index < -0.39 is 0 Å². The monoisotopic (exact) mass is 382 g/mol. The van der Waals surface area contributed by atoms with Crippen molar-refractivity contribution in [3.63, 3.8) is 0 Å². The van der Waals surface area contributed by atoms with Gasteiger partial charge in [-0.15, -0.1) is 11.3 Å². The lowest BCUT2D eigenvalue weighted by Gasteiger charge is -2.13. The lowest BCUT2D eigenvalue weighted by atomic mass is 10.2. The Morgan fingerprint density at radius 2 is 2.45 bits per heavy atom. The van der Waals surface area contributed by atoms with Gasteiger partial charge in [-0.3, -0.25) is 10.1 Å². The third-order valence-corrected chi connectivity index (χ3v) is 4.60. The first-order chi connectivity index (χ1) is 10.7. The summed E-state index contributed by atoms with van der Waals surface area (Å²) in [5, 5.41) is 5.14. The first-order valence-corrected chi connectivity index (χ1v) is 8.64. The summed E-state index contributed by atoms with van der Waals surface area (Å²) in [5.41, 5.74) is 0.548. The van der Waals surface area contributed by atoms with Crippen LogP contribution in [0, 0.1) is 0 Å². The number of thiazole rings is 1. The summed E-state index contributed by atoms with van der Waals surface area (Å²) in [4.78, 5) is 16.1. The smallest absolute Gasteiger partial charge is 0.257 e. The van der Waals surface area contributed by atoms with E-state index in [0.717, 1.165) is 23.9 Å². The highest BCUT2D eigenvalue weighted by Crippen LogP contribution is 2.27. The van der Waals surface area contributed by atoms with Crippen molar-refractivity contribution in [1.29, 1.82) is 0 Å². The molecule has 7 heteroatoms. The van der Waals surface area contributed by atoms with Gasteiger partial charge in [0.15, 0.2) is 5.13 Å². The Hall–Kier alpha value is -1.44. The maximum atomic E-state index is 12.1. The summed E-state index contributed by atoms with van der Waals surface area (Å²) in [7, 11) is 0. The number of amides is 1. The van der Waals surface area contributed by atoms with Crippen LogP contribution in [0.1, 0.15) is 23.2 Å². The SMILES string of the molecule is O=C(Nc1nccs1)c1ccc(OCC2CCCO2)c(Br)c1. The summed E-state index contributed by atoms with van der Waals surface area (Å²) >= 11 is 4.83. The van der Waals surface area contributed by atoms with Gasteiger partial charge < -0.3 is 9.47 Å². The van der Waals surface area contributed by atoms with E-state index in [0.29, 0.717) is 23.1 Å². The molecule has 3 rings (SSSR count). The number of nitrogens with one attached hydrogen (secondary N) is 1. The Kier molecular flexibility index (Phi) is 5.07. The van der Waals surface area contributed by atoms with Crippen LogP contribution in [0.2, 0.25) is 0 Å². The average molecular weight is 383 g/mol. The molecule has 0 bridgehead atoms. The van der Waals surface area contributed by atoms with Crippen LogP contribution >= 0.6 is 27.3 Å². The minimum atomic E-state index is -0.193. The third-order valence-electron chi connectivity index (χ3n) is 3.30. The van der Waals surface area contributed by atoms with E-state index in [1.54, 1.807) is 24.4 Å². The second-order valence-corrected chi connectivity index (χ2v) is 6.63. The van der Waals surface area contributed by atoms with Crippen LogP contribution in [0.25, 0.3) is 0 Å². The largest absolute Gasteiger partial charge is 0.490 e. The first-order valence-electron chi connectivity index (χ1n) is 6.97. The van der Waals surface area contributed by atoms with Gasteiger partial charge in [-0.05, 0) is 47.0 Å². The van der Waals surface area contributed by atoms with Crippen LogP contribution in [0.15, 0.2) is 34.2 Å². The number of hydrogen-bond donors (Lipinski definition) is 1. The molecule has 1 aromatic carbocycles. The van der Waals surface area contributed by atoms with E-state index in [1.165, 1.54) is 11.3 Å². The molecule has 22 heavy (non-hydrogen) atoms. The lowest BCUT2D eigenvalue weighted by Crippen LogP contribution is -2.16. The number of nitrogens with zero attached hydrogens (tertiary/aromatic N) is 1. The highest BCUT2D eigenvalue weighted by atomic mass is 79.9. The van der Waals surface area contributed by atoms with Gasteiger partial charge in [-0.25, -0.2) is 4.98 Å². The zero-order valence-corrected chi connectivity index (χ0v) is 14.2. The van der Waals surface area contributed by atoms with Crippen molar-refractivity contribution >= 4 is 38.3 Å². The average Bonchev–Trinajstić information content (AvgIpc) is 3.19. The summed E-state index contributed by atoms with van der Waals surface area (Å²) in [6.45, 7) is 1.34. The van der Waals surface area contributed by atoms with Crippen LogP contribution in [0.3, 0.4) is 0 Å². The zero-order valence-electron chi connectivity index (χ0n) is 11.8. The van der Waals surface area contributed by atoms with Crippen molar-refractivity contribution in [2.24, 2.45) is 0 Å². The molecule has 0 radical (unpaired) electrons. The van der Waals surface area contributed by atoms with Crippen LogP contribution in [-0.2, 0) is 4.74 Å². The molecule has 0 spiro atoms. The molecule has 2 heterocycles. The predicted octanol–water partition coefficient (Wildman–Crippen LogP) is 3.72. The molecule has 1 aliphatic rings. The number of carbonyl (C=O) groups is 1. The van der Waals surface area contributed by atoms with Gasteiger partial charge in [0.05, 0.1) is 10.6 Å². The van der Waals surface area contributed by atoms with Gasteiger partial charge in [0.25, 0.3) is 5.91 Å². The molecule has 116 valence electrons. The Labute approximate surface area is 140 Å². The lowest BCUT2D eigenvalue weighted by molar-refractivity contribution is 0.0677. The molecule has 1 amide bonds. The summed E-state index contributed by atoms with van der Waals surface area (Å²) in [6, 6.07) is 5.27. The van der Waals surface area contributed by atoms with Crippen molar-refractivity contribution in [2.75, 3.05) is 18.5 Å². The zero-order chi connectivity index (χ0) is 15.4. The van der Waals surface area contributed by atoms with Crippen LogP contribution < -0.4 is 10.1 Å². The number of ether oxygens (including phenoxy) is 2. The topological polar surface area (TPSA) is 60.5 Å². The van der Waals surface area contributed by atoms with Crippen molar-refractivity contribution in [3.8, 4) is 5.75 Å². The Morgan fingerprint density at radius 3 is 3.14 bits per heavy atom. The van der Waals surface area contributed by atoms with E-state index in [1.807, 2.05) is 5.38 Å². The number of hydrogen-bond acceptors (Lipinski definition) is 5. The standard InChI is InChI=1S/C15H15BrN2O3S/c16-12-8-10(14(19)18-15-17-5-7-22-15)3-4-13(12)21-9-11-2-1-6-20-11/h3-5,7-8,11H,1-2,6,9H2,(H,17,18,19). The molecule has 1 aromatic heterocycles. The molecular formula is C15H15BrN2O3S. The second kappa shape index (κ2) is 7.21. The Morgan fingerprint density at radius 1 is 1.55 bits per heavy atom. The molecule has 5 nitrogen and oxygen atoms in total. The van der Waals surface area contributed by atoms with Crippen LogP contribution in [-0.4, -0.2) is 30.2 Å². The van der Waals surface area contributed by atoms with Gasteiger partial charge in [0.2, 0.25) is 0 Å². The number of halogens is 1. The van der Waals surface area contributed by atoms with E-state index >= 15 is 0 Å².